The quantitative estimate of drug-likeness (QED) is 0.829. The lowest BCUT2D eigenvalue weighted by atomic mass is 10.2. The van der Waals surface area contributed by atoms with E-state index in [1.54, 1.807) is 12.5 Å². The molecule has 0 atom stereocenters. The van der Waals surface area contributed by atoms with E-state index in [4.69, 9.17) is 4.74 Å². The van der Waals surface area contributed by atoms with E-state index in [2.05, 4.69) is 20.5 Å². The second kappa shape index (κ2) is 8.23. The summed E-state index contributed by atoms with van der Waals surface area (Å²) in [5, 5.41) is 8.92. The van der Waals surface area contributed by atoms with Crippen molar-refractivity contribution in [2.75, 3.05) is 46.4 Å². The van der Waals surface area contributed by atoms with Gasteiger partial charge in [-0.15, -0.1) is 11.3 Å². The van der Waals surface area contributed by atoms with E-state index in [1.807, 2.05) is 24.3 Å². The van der Waals surface area contributed by atoms with Crippen LogP contribution in [-0.2, 0) is 0 Å². The van der Waals surface area contributed by atoms with Crippen LogP contribution in [0.1, 0.15) is 10.5 Å². The third-order valence-corrected chi connectivity index (χ3v) is 4.89. The third kappa shape index (κ3) is 4.31. The number of hydrogen-bond acceptors (Lipinski definition) is 6. The SMILES string of the molecule is COc1ccc(-c2nc(C(=O)NCCN3CCNCC3)cs2)cc1. The van der Waals surface area contributed by atoms with Crippen molar-refractivity contribution in [2.24, 2.45) is 0 Å². The van der Waals surface area contributed by atoms with Gasteiger partial charge in [-0.2, -0.15) is 0 Å². The number of ether oxygens (including phenoxy) is 1. The number of carbonyl (C=O) groups is 1. The van der Waals surface area contributed by atoms with Crippen LogP contribution in [-0.4, -0.2) is 62.2 Å². The predicted molar refractivity (Wildman–Crippen MR) is 95.7 cm³/mol. The Labute approximate surface area is 145 Å². The average Bonchev–Trinajstić information content (AvgIpc) is 3.13. The zero-order chi connectivity index (χ0) is 16.8. The number of piperazine rings is 1. The summed E-state index contributed by atoms with van der Waals surface area (Å²) in [6, 6.07) is 7.68. The van der Waals surface area contributed by atoms with Crippen LogP contribution in [0.4, 0.5) is 0 Å². The Morgan fingerprint density at radius 3 is 2.79 bits per heavy atom. The summed E-state index contributed by atoms with van der Waals surface area (Å²) >= 11 is 1.47. The number of rotatable bonds is 6. The third-order valence-electron chi connectivity index (χ3n) is 4.00. The first kappa shape index (κ1) is 16.9. The fourth-order valence-electron chi connectivity index (χ4n) is 2.60. The van der Waals surface area contributed by atoms with Crippen molar-refractivity contribution in [1.29, 1.82) is 0 Å². The second-order valence-electron chi connectivity index (χ2n) is 5.61. The van der Waals surface area contributed by atoms with E-state index in [0.29, 0.717) is 12.2 Å². The van der Waals surface area contributed by atoms with Gasteiger partial charge in [0.1, 0.15) is 16.5 Å². The molecule has 1 fully saturated rings. The van der Waals surface area contributed by atoms with E-state index in [1.165, 1.54) is 11.3 Å². The lowest BCUT2D eigenvalue weighted by Gasteiger charge is -2.26. The highest BCUT2D eigenvalue weighted by Crippen LogP contribution is 2.25. The van der Waals surface area contributed by atoms with Gasteiger partial charge in [0.15, 0.2) is 0 Å². The van der Waals surface area contributed by atoms with Crippen LogP contribution in [0.5, 0.6) is 5.75 Å². The number of nitrogens with one attached hydrogen (secondary N) is 2. The maximum absolute atomic E-state index is 12.2. The molecule has 1 amide bonds. The minimum Gasteiger partial charge on any atom is -0.497 e. The normalized spacial score (nSPS) is 15.2. The van der Waals surface area contributed by atoms with Crippen molar-refractivity contribution in [2.45, 2.75) is 0 Å². The van der Waals surface area contributed by atoms with Crippen molar-refractivity contribution in [3.05, 3.63) is 35.3 Å². The Morgan fingerprint density at radius 1 is 1.33 bits per heavy atom. The standard InChI is InChI=1S/C17H22N4O2S/c1-23-14-4-2-13(3-5-14)17-20-15(12-24-17)16(22)19-8-11-21-9-6-18-7-10-21/h2-5,12,18H,6-11H2,1H3,(H,19,22). The lowest BCUT2D eigenvalue weighted by molar-refractivity contribution is 0.0943. The molecule has 1 aromatic carbocycles. The van der Waals surface area contributed by atoms with Crippen molar-refractivity contribution < 1.29 is 9.53 Å². The molecule has 2 heterocycles. The topological polar surface area (TPSA) is 66.5 Å². The number of benzene rings is 1. The summed E-state index contributed by atoms with van der Waals surface area (Å²) in [5.74, 6) is 0.697. The van der Waals surface area contributed by atoms with Crippen LogP contribution in [0.3, 0.4) is 0 Å². The fourth-order valence-corrected chi connectivity index (χ4v) is 3.40. The molecule has 0 spiro atoms. The fraction of sp³-hybridized carbons (Fsp3) is 0.412. The summed E-state index contributed by atoms with van der Waals surface area (Å²) in [5.41, 5.74) is 1.46. The molecule has 0 unspecified atom stereocenters. The monoisotopic (exact) mass is 346 g/mol. The molecule has 2 N–H and O–H groups in total. The number of thiazole rings is 1. The van der Waals surface area contributed by atoms with E-state index in [0.717, 1.165) is 49.0 Å². The highest BCUT2D eigenvalue weighted by molar-refractivity contribution is 7.13. The maximum atomic E-state index is 12.2. The minimum atomic E-state index is -0.110. The van der Waals surface area contributed by atoms with Crippen LogP contribution in [0.15, 0.2) is 29.6 Å². The van der Waals surface area contributed by atoms with Crippen LogP contribution < -0.4 is 15.4 Å². The van der Waals surface area contributed by atoms with E-state index in [-0.39, 0.29) is 5.91 Å². The molecule has 6 nitrogen and oxygen atoms in total. The molecule has 7 heteroatoms. The Balaban J connectivity index is 1.53. The van der Waals surface area contributed by atoms with Gasteiger partial charge in [-0.3, -0.25) is 9.69 Å². The van der Waals surface area contributed by atoms with E-state index >= 15 is 0 Å². The number of methoxy groups -OCH3 is 1. The van der Waals surface area contributed by atoms with Crippen molar-refractivity contribution in [1.82, 2.24) is 20.5 Å². The zero-order valence-corrected chi connectivity index (χ0v) is 14.6. The first-order valence-corrected chi connectivity index (χ1v) is 8.95. The average molecular weight is 346 g/mol. The summed E-state index contributed by atoms with van der Waals surface area (Å²) in [4.78, 5) is 19.0. The summed E-state index contributed by atoms with van der Waals surface area (Å²) in [6.45, 7) is 5.63. The predicted octanol–water partition coefficient (Wildman–Crippen LogP) is 1.45. The second-order valence-corrected chi connectivity index (χ2v) is 6.47. The number of amides is 1. The molecule has 24 heavy (non-hydrogen) atoms. The van der Waals surface area contributed by atoms with Gasteiger partial charge in [0.05, 0.1) is 7.11 Å². The highest BCUT2D eigenvalue weighted by atomic mass is 32.1. The van der Waals surface area contributed by atoms with Crippen LogP contribution in [0.2, 0.25) is 0 Å². The number of nitrogens with zero attached hydrogens (tertiary/aromatic N) is 2. The summed E-state index contributed by atoms with van der Waals surface area (Å²) < 4.78 is 5.15. The number of hydrogen-bond donors (Lipinski definition) is 2. The molecule has 128 valence electrons. The Bertz CT molecular complexity index is 665. The smallest absolute Gasteiger partial charge is 0.270 e. The Morgan fingerprint density at radius 2 is 2.08 bits per heavy atom. The Hall–Kier alpha value is -1.96. The number of carbonyl (C=O) groups excluding carboxylic acids is 1. The van der Waals surface area contributed by atoms with Crippen LogP contribution in [0.25, 0.3) is 10.6 Å². The zero-order valence-electron chi connectivity index (χ0n) is 13.7. The molecular formula is C17H22N4O2S. The number of aromatic nitrogens is 1. The minimum absolute atomic E-state index is 0.110. The summed E-state index contributed by atoms with van der Waals surface area (Å²) in [7, 11) is 1.64. The van der Waals surface area contributed by atoms with Crippen molar-refractivity contribution >= 4 is 17.2 Å². The van der Waals surface area contributed by atoms with Gasteiger partial charge in [0.2, 0.25) is 0 Å². The van der Waals surface area contributed by atoms with Crippen LogP contribution in [0, 0.1) is 0 Å². The van der Waals surface area contributed by atoms with Crippen molar-refractivity contribution in [3.8, 4) is 16.3 Å². The van der Waals surface area contributed by atoms with Gasteiger partial charge in [-0.05, 0) is 24.3 Å². The summed E-state index contributed by atoms with van der Waals surface area (Å²) in [6.07, 6.45) is 0. The largest absolute Gasteiger partial charge is 0.497 e. The lowest BCUT2D eigenvalue weighted by Crippen LogP contribution is -2.46. The molecule has 1 aliphatic rings. The first-order chi connectivity index (χ1) is 11.8. The molecule has 0 aliphatic carbocycles. The molecule has 1 aromatic heterocycles. The van der Waals surface area contributed by atoms with Gasteiger partial charge >= 0.3 is 0 Å². The van der Waals surface area contributed by atoms with E-state index < -0.39 is 0 Å². The maximum Gasteiger partial charge on any atom is 0.270 e. The molecule has 0 saturated carbocycles. The molecule has 0 bridgehead atoms. The van der Waals surface area contributed by atoms with Gasteiger partial charge in [-0.25, -0.2) is 4.98 Å². The molecule has 1 aliphatic heterocycles. The van der Waals surface area contributed by atoms with Gasteiger partial charge < -0.3 is 15.4 Å². The first-order valence-electron chi connectivity index (χ1n) is 8.07. The Kier molecular flexibility index (Phi) is 5.79. The molecule has 0 radical (unpaired) electrons. The molecule has 3 rings (SSSR count). The molecule has 2 aromatic rings. The van der Waals surface area contributed by atoms with Crippen molar-refractivity contribution in [3.63, 3.8) is 0 Å². The van der Waals surface area contributed by atoms with Gasteiger partial charge in [0.25, 0.3) is 5.91 Å². The van der Waals surface area contributed by atoms with E-state index in [9.17, 15) is 4.79 Å². The molecule has 1 saturated heterocycles. The molecular weight excluding hydrogens is 324 g/mol. The van der Waals surface area contributed by atoms with Crippen LogP contribution >= 0.6 is 11.3 Å². The highest BCUT2D eigenvalue weighted by Gasteiger charge is 2.13. The van der Waals surface area contributed by atoms with Gasteiger partial charge in [0, 0.05) is 50.2 Å². The van der Waals surface area contributed by atoms with Gasteiger partial charge in [-0.1, -0.05) is 0 Å².